The zero-order chi connectivity index (χ0) is 20.1. The largest absolute Gasteiger partial charge is 0.390 e. The lowest BCUT2D eigenvalue weighted by atomic mass is 10.0. The molecule has 3 rings (SSSR count). The lowest BCUT2D eigenvalue weighted by Gasteiger charge is -2.24. The number of carbonyl (C=O) groups excluding carboxylic acids is 1. The molecule has 1 aliphatic heterocycles. The number of hydrogen-bond donors (Lipinski definition) is 0. The Kier molecular flexibility index (Phi) is 6.57. The molecule has 0 bridgehead atoms. The molecule has 2 aromatic carbocycles. The average Bonchev–Trinajstić information content (AvgIpc) is 3.15. The minimum absolute atomic E-state index is 0.0901. The first-order valence-corrected chi connectivity index (χ1v) is 9.86. The highest BCUT2D eigenvalue weighted by molar-refractivity contribution is 6.30. The Morgan fingerprint density at radius 2 is 1.96 bits per heavy atom. The third kappa shape index (κ3) is 5.04. The molecule has 0 radical (unpaired) electrons. The first-order valence-electron chi connectivity index (χ1n) is 9.49. The van der Waals surface area contributed by atoms with Gasteiger partial charge in [0.25, 0.3) is 0 Å². The van der Waals surface area contributed by atoms with Gasteiger partial charge in [-0.15, -0.1) is 0 Å². The van der Waals surface area contributed by atoms with Crippen LogP contribution in [0.3, 0.4) is 0 Å². The number of halogens is 1. The molecule has 1 atom stereocenters. The predicted molar refractivity (Wildman–Crippen MR) is 114 cm³/mol. The van der Waals surface area contributed by atoms with Crippen molar-refractivity contribution in [2.45, 2.75) is 32.4 Å². The predicted octanol–water partition coefficient (Wildman–Crippen LogP) is 4.34. The summed E-state index contributed by atoms with van der Waals surface area (Å²) < 4.78 is 0. The second kappa shape index (κ2) is 9.11. The van der Waals surface area contributed by atoms with Gasteiger partial charge in [-0.2, -0.15) is 0 Å². The number of hydrogen-bond acceptors (Lipinski definition) is 4. The first kappa shape index (κ1) is 20.2. The fourth-order valence-corrected chi connectivity index (χ4v) is 3.44. The highest BCUT2D eigenvalue weighted by atomic mass is 35.5. The number of benzene rings is 2. The summed E-state index contributed by atoms with van der Waals surface area (Å²) in [5.74, 6) is 0.0901. The quantitative estimate of drug-likeness (QED) is 0.695. The Balaban J connectivity index is 1.64. The van der Waals surface area contributed by atoms with Gasteiger partial charge in [0.15, 0.2) is 6.10 Å². The SMILES string of the molecule is CCC(=O)N(Cc1cccc(Cl)c1)C[C@@H]1CC(c2ccc(N(C)C)cc2)=NO1. The zero-order valence-electron chi connectivity index (χ0n) is 16.6. The van der Waals surface area contributed by atoms with Crippen molar-refractivity contribution in [2.75, 3.05) is 25.5 Å². The lowest BCUT2D eigenvalue weighted by molar-refractivity contribution is -0.133. The summed E-state index contributed by atoms with van der Waals surface area (Å²) in [6.07, 6.45) is 0.996. The third-order valence-corrected chi connectivity index (χ3v) is 5.03. The van der Waals surface area contributed by atoms with Crippen LogP contribution in [0.25, 0.3) is 0 Å². The number of oxime groups is 1. The molecule has 0 N–H and O–H groups in total. The summed E-state index contributed by atoms with van der Waals surface area (Å²) in [5.41, 5.74) is 4.12. The van der Waals surface area contributed by atoms with Crippen molar-refractivity contribution in [3.05, 3.63) is 64.7 Å². The van der Waals surface area contributed by atoms with Gasteiger partial charge in [-0.05, 0) is 35.4 Å². The maximum atomic E-state index is 12.4. The molecule has 5 nitrogen and oxygen atoms in total. The summed E-state index contributed by atoms with van der Waals surface area (Å²) in [6, 6.07) is 15.8. The van der Waals surface area contributed by atoms with E-state index in [0.717, 1.165) is 22.5 Å². The van der Waals surface area contributed by atoms with Crippen LogP contribution >= 0.6 is 11.6 Å². The molecular formula is C22H26ClN3O2. The molecule has 0 saturated heterocycles. The van der Waals surface area contributed by atoms with E-state index in [0.29, 0.717) is 31.0 Å². The normalized spacial score (nSPS) is 15.7. The maximum Gasteiger partial charge on any atom is 0.222 e. The van der Waals surface area contributed by atoms with Gasteiger partial charge in [-0.3, -0.25) is 4.79 Å². The second-order valence-corrected chi connectivity index (χ2v) is 7.60. The standard InChI is InChI=1S/C22H26ClN3O2/c1-4-22(27)26(14-16-6-5-7-18(23)12-16)15-20-13-21(24-28-20)17-8-10-19(11-9-17)25(2)3/h5-12,20H,4,13-15H2,1-3H3/t20-/m0/s1. The van der Waals surface area contributed by atoms with E-state index in [1.54, 1.807) is 0 Å². The Labute approximate surface area is 171 Å². The molecule has 1 amide bonds. The topological polar surface area (TPSA) is 45.1 Å². The summed E-state index contributed by atoms with van der Waals surface area (Å²) in [6.45, 7) is 2.89. The summed E-state index contributed by atoms with van der Waals surface area (Å²) in [7, 11) is 4.03. The van der Waals surface area contributed by atoms with E-state index in [4.69, 9.17) is 16.4 Å². The van der Waals surface area contributed by atoms with Crippen LogP contribution in [0.5, 0.6) is 0 Å². The molecule has 0 saturated carbocycles. The molecule has 0 fully saturated rings. The fourth-order valence-electron chi connectivity index (χ4n) is 3.23. The summed E-state index contributed by atoms with van der Waals surface area (Å²) >= 11 is 6.08. The van der Waals surface area contributed by atoms with Crippen molar-refractivity contribution in [1.82, 2.24) is 4.90 Å². The number of rotatable bonds is 7. The molecule has 0 aliphatic carbocycles. The molecule has 148 valence electrons. The lowest BCUT2D eigenvalue weighted by Crippen LogP contribution is -2.36. The molecule has 0 unspecified atom stereocenters. The highest BCUT2D eigenvalue weighted by Gasteiger charge is 2.26. The molecular weight excluding hydrogens is 374 g/mol. The number of carbonyl (C=O) groups is 1. The maximum absolute atomic E-state index is 12.4. The van der Waals surface area contributed by atoms with Crippen LogP contribution in [-0.4, -0.2) is 43.3 Å². The molecule has 0 spiro atoms. The van der Waals surface area contributed by atoms with Crippen LogP contribution in [0.2, 0.25) is 5.02 Å². The van der Waals surface area contributed by atoms with E-state index < -0.39 is 0 Å². The second-order valence-electron chi connectivity index (χ2n) is 7.17. The Bertz CT molecular complexity index is 849. The Hall–Kier alpha value is -2.53. The van der Waals surface area contributed by atoms with Crippen LogP contribution in [0.4, 0.5) is 5.69 Å². The van der Waals surface area contributed by atoms with E-state index in [9.17, 15) is 4.79 Å². The van der Waals surface area contributed by atoms with Gasteiger partial charge in [0.1, 0.15) is 0 Å². The molecule has 6 heteroatoms. The van der Waals surface area contributed by atoms with Crippen molar-refractivity contribution in [1.29, 1.82) is 0 Å². The van der Waals surface area contributed by atoms with Gasteiger partial charge in [-0.25, -0.2) is 0 Å². The Morgan fingerprint density at radius 1 is 1.21 bits per heavy atom. The van der Waals surface area contributed by atoms with Crippen molar-refractivity contribution in [3.8, 4) is 0 Å². The van der Waals surface area contributed by atoms with E-state index in [2.05, 4.69) is 34.3 Å². The van der Waals surface area contributed by atoms with Crippen molar-refractivity contribution < 1.29 is 9.63 Å². The van der Waals surface area contributed by atoms with Gasteiger partial charge in [0, 0.05) is 44.2 Å². The van der Waals surface area contributed by atoms with Crippen LogP contribution in [-0.2, 0) is 16.2 Å². The minimum Gasteiger partial charge on any atom is -0.390 e. The summed E-state index contributed by atoms with van der Waals surface area (Å²) in [4.78, 5) is 22.0. The number of anilines is 1. The summed E-state index contributed by atoms with van der Waals surface area (Å²) in [5, 5.41) is 4.94. The molecule has 2 aromatic rings. The van der Waals surface area contributed by atoms with Gasteiger partial charge >= 0.3 is 0 Å². The van der Waals surface area contributed by atoms with Crippen molar-refractivity contribution in [2.24, 2.45) is 5.16 Å². The van der Waals surface area contributed by atoms with E-state index in [-0.39, 0.29) is 12.0 Å². The number of amides is 1. The molecule has 28 heavy (non-hydrogen) atoms. The van der Waals surface area contributed by atoms with E-state index >= 15 is 0 Å². The first-order chi connectivity index (χ1) is 13.5. The van der Waals surface area contributed by atoms with Crippen molar-refractivity contribution in [3.63, 3.8) is 0 Å². The minimum atomic E-state index is -0.141. The van der Waals surface area contributed by atoms with Crippen LogP contribution in [0, 0.1) is 0 Å². The third-order valence-electron chi connectivity index (χ3n) is 4.79. The van der Waals surface area contributed by atoms with E-state index in [1.807, 2.05) is 50.2 Å². The highest BCUT2D eigenvalue weighted by Crippen LogP contribution is 2.21. The monoisotopic (exact) mass is 399 g/mol. The smallest absolute Gasteiger partial charge is 0.222 e. The molecule has 1 heterocycles. The van der Waals surface area contributed by atoms with Gasteiger partial charge in [0.2, 0.25) is 5.91 Å². The van der Waals surface area contributed by atoms with Crippen molar-refractivity contribution >= 4 is 28.9 Å². The van der Waals surface area contributed by atoms with Crippen LogP contribution in [0.1, 0.15) is 30.9 Å². The Morgan fingerprint density at radius 3 is 2.61 bits per heavy atom. The van der Waals surface area contributed by atoms with Gasteiger partial charge in [-0.1, -0.05) is 47.9 Å². The number of nitrogens with zero attached hydrogens (tertiary/aromatic N) is 3. The van der Waals surface area contributed by atoms with E-state index in [1.165, 1.54) is 0 Å². The van der Waals surface area contributed by atoms with Gasteiger partial charge in [0.05, 0.1) is 12.3 Å². The van der Waals surface area contributed by atoms with Gasteiger partial charge < -0.3 is 14.6 Å². The molecule has 0 aromatic heterocycles. The fraction of sp³-hybridized carbons (Fsp3) is 0.364. The average molecular weight is 400 g/mol. The molecule has 1 aliphatic rings. The zero-order valence-corrected chi connectivity index (χ0v) is 17.3. The van der Waals surface area contributed by atoms with Crippen LogP contribution in [0.15, 0.2) is 53.7 Å². The van der Waals surface area contributed by atoms with Crippen LogP contribution < -0.4 is 4.90 Å².